The summed E-state index contributed by atoms with van der Waals surface area (Å²) in [6, 6.07) is 0. The summed E-state index contributed by atoms with van der Waals surface area (Å²) in [5.74, 6) is 2.17. The highest BCUT2D eigenvalue weighted by atomic mass is 16.4. The van der Waals surface area contributed by atoms with Gasteiger partial charge in [-0.25, -0.2) is 0 Å². The van der Waals surface area contributed by atoms with Gasteiger partial charge in [0.05, 0.1) is 6.42 Å². The van der Waals surface area contributed by atoms with Crippen LogP contribution >= 0.6 is 0 Å². The highest BCUT2D eigenvalue weighted by molar-refractivity contribution is 5.69. The van der Waals surface area contributed by atoms with Crippen LogP contribution in [0.3, 0.4) is 0 Å². The van der Waals surface area contributed by atoms with Crippen LogP contribution in [-0.2, 0) is 4.79 Å². The van der Waals surface area contributed by atoms with Gasteiger partial charge in [0, 0.05) is 11.1 Å². The van der Waals surface area contributed by atoms with Crippen molar-refractivity contribution in [1.29, 1.82) is 0 Å². The zero-order valence-electron chi connectivity index (χ0n) is 11.0. The molecule has 0 amide bonds. The van der Waals surface area contributed by atoms with Gasteiger partial charge in [-0.1, -0.05) is 0 Å². The van der Waals surface area contributed by atoms with Crippen molar-refractivity contribution in [3.63, 3.8) is 0 Å². The number of nitrogens with one attached hydrogen (secondary N) is 1. The summed E-state index contributed by atoms with van der Waals surface area (Å²) in [6.45, 7) is 0. The first kappa shape index (κ1) is 11.3. The lowest BCUT2D eigenvalue weighted by molar-refractivity contribution is -0.138. The van der Waals surface area contributed by atoms with Gasteiger partial charge in [-0.3, -0.25) is 4.79 Å². The molecule has 0 aromatic heterocycles. The summed E-state index contributed by atoms with van der Waals surface area (Å²) < 4.78 is 0. The lowest BCUT2D eigenvalue weighted by atomic mass is 9.53. The molecule has 3 heteroatoms. The molecule has 100 valence electrons. The molecule has 0 aromatic carbocycles. The van der Waals surface area contributed by atoms with Crippen LogP contribution in [0.1, 0.15) is 57.8 Å². The van der Waals surface area contributed by atoms with E-state index in [2.05, 4.69) is 5.32 Å². The summed E-state index contributed by atoms with van der Waals surface area (Å²) in [5.41, 5.74) is 0.290. The van der Waals surface area contributed by atoms with Crippen LogP contribution in [-0.4, -0.2) is 22.2 Å². The highest BCUT2D eigenvalue weighted by Crippen LogP contribution is 2.57. The molecular formula is C15H23NO2. The summed E-state index contributed by atoms with van der Waals surface area (Å²) in [5, 5.41) is 12.9. The van der Waals surface area contributed by atoms with Crippen molar-refractivity contribution in [2.75, 3.05) is 0 Å². The molecule has 0 atom stereocenters. The molecular weight excluding hydrogens is 226 g/mol. The van der Waals surface area contributed by atoms with Crippen LogP contribution in [0.5, 0.6) is 0 Å². The van der Waals surface area contributed by atoms with Gasteiger partial charge in [-0.15, -0.1) is 0 Å². The minimum absolute atomic E-state index is 0.0303. The van der Waals surface area contributed by atoms with Gasteiger partial charge in [0.2, 0.25) is 0 Å². The maximum Gasteiger partial charge on any atom is 0.305 e. The SMILES string of the molecule is O=C(O)CC1(NC23CC4CC(CC(C4)C2)C3)CC1. The smallest absolute Gasteiger partial charge is 0.305 e. The van der Waals surface area contributed by atoms with E-state index in [1.165, 1.54) is 38.5 Å². The maximum atomic E-state index is 11.0. The van der Waals surface area contributed by atoms with E-state index in [4.69, 9.17) is 5.11 Å². The number of rotatable bonds is 4. The second-order valence-corrected chi connectivity index (χ2v) is 7.67. The van der Waals surface area contributed by atoms with Crippen LogP contribution in [0.2, 0.25) is 0 Å². The molecule has 0 heterocycles. The first-order valence-corrected chi connectivity index (χ1v) is 7.58. The van der Waals surface area contributed by atoms with E-state index >= 15 is 0 Å². The molecule has 0 aromatic rings. The van der Waals surface area contributed by atoms with Gasteiger partial charge in [-0.05, 0) is 69.1 Å². The predicted octanol–water partition coefficient (Wildman–Crippen LogP) is 2.55. The average Bonchev–Trinajstić information content (AvgIpc) is 2.92. The van der Waals surface area contributed by atoms with Crippen molar-refractivity contribution in [2.45, 2.75) is 68.9 Å². The fourth-order valence-electron chi connectivity index (χ4n) is 5.61. The Morgan fingerprint density at radius 2 is 1.56 bits per heavy atom. The number of hydrogen-bond acceptors (Lipinski definition) is 2. The zero-order chi connectivity index (χ0) is 12.4. The van der Waals surface area contributed by atoms with E-state index in [0.29, 0.717) is 12.0 Å². The summed E-state index contributed by atoms with van der Waals surface area (Å²) in [4.78, 5) is 11.0. The minimum Gasteiger partial charge on any atom is -0.481 e. The first-order valence-electron chi connectivity index (χ1n) is 7.58. The fourth-order valence-corrected chi connectivity index (χ4v) is 5.61. The van der Waals surface area contributed by atoms with E-state index in [9.17, 15) is 4.79 Å². The molecule has 3 nitrogen and oxygen atoms in total. The molecule has 5 saturated carbocycles. The molecule has 5 rings (SSSR count). The summed E-state index contributed by atoms with van der Waals surface area (Å²) >= 11 is 0. The molecule has 5 aliphatic rings. The molecule has 18 heavy (non-hydrogen) atoms. The monoisotopic (exact) mass is 249 g/mol. The molecule has 0 spiro atoms. The number of carboxylic acid groups (broad SMARTS) is 1. The lowest BCUT2D eigenvalue weighted by Crippen LogP contribution is -2.61. The Bertz CT molecular complexity index is 351. The second-order valence-electron chi connectivity index (χ2n) is 7.67. The van der Waals surface area contributed by atoms with Crippen molar-refractivity contribution < 1.29 is 9.90 Å². The van der Waals surface area contributed by atoms with E-state index < -0.39 is 5.97 Å². The van der Waals surface area contributed by atoms with Gasteiger partial charge in [0.1, 0.15) is 0 Å². The van der Waals surface area contributed by atoms with Crippen molar-refractivity contribution in [1.82, 2.24) is 5.32 Å². The van der Waals surface area contributed by atoms with Crippen molar-refractivity contribution >= 4 is 5.97 Å². The summed E-state index contributed by atoms with van der Waals surface area (Å²) in [7, 11) is 0. The van der Waals surface area contributed by atoms with Gasteiger partial charge in [-0.2, -0.15) is 0 Å². The Morgan fingerprint density at radius 1 is 1.06 bits per heavy atom. The Hall–Kier alpha value is -0.570. The van der Waals surface area contributed by atoms with E-state index in [0.717, 1.165) is 30.6 Å². The van der Waals surface area contributed by atoms with E-state index in [1.807, 2.05) is 0 Å². The third-order valence-electron chi connectivity index (χ3n) is 5.91. The number of carbonyl (C=O) groups is 1. The Labute approximate surface area is 108 Å². The molecule has 0 saturated heterocycles. The quantitative estimate of drug-likeness (QED) is 0.805. The van der Waals surface area contributed by atoms with Crippen LogP contribution in [0.25, 0.3) is 0 Å². The van der Waals surface area contributed by atoms with E-state index in [-0.39, 0.29) is 5.54 Å². The predicted molar refractivity (Wildman–Crippen MR) is 68.3 cm³/mol. The van der Waals surface area contributed by atoms with Gasteiger partial charge < -0.3 is 10.4 Å². The van der Waals surface area contributed by atoms with Crippen molar-refractivity contribution in [3.05, 3.63) is 0 Å². The molecule has 0 unspecified atom stereocenters. The molecule has 5 aliphatic carbocycles. The van der Waals surface area contributed by atoms with Crippen molar-refractivity contribution in [2.24, 2.45) is 17.8 Å². The first-order chi connectivity index (χ1) is 8.57. The van der Waals surface area contributed by atoms with Gasteiger partial charge >= 0.3 is 5.97 Å². The third-order valence-corrected chi connectivity index (χ3v) is 5.91. The molecule has 0 aliphatic heterocycles. The van der Waals surface area contributed by atoms with Gasteiger partial charge in [0.15, 0.2) is 0 Å². The molecule has 5 fully saturated rings. The zero-order valence-corrected chi connectivity index (χ0v) is 11.0. The minimum atomic E-state index is -0.635. The average molecular weight is 249 g/mol. The van der Waals surface area contributed by atoms with Crippen LogP contribution in [0, 0.1) is 17.8 Å². The van der Waals surface area contributed by atoms with Crippen molar-refractivity contribution in [3.8, 4) is 0 Å². The maximum absolute atomic E-state index is 11.0. The van der Waals surface area contributed by atoms with Gasteiger partial charge in [0.25, 0.3) is 0 Å². The Kier molecular flexibility index (Phi) is 2.19. The fraction of sp³-hybridized carbons (Fsp3) is 0.933. The number of aliphatic carboxylic acids is 1. The lowest BCUT2D eigenvalue weighted by Gasteiger charge is -2.58. The topological polar surface area (TPSA) is 49.3 Å². The van der Waals surface area contributed by atoms with Crippen LogP contribution < -0.4 is 5.32 Å². The number of carboxylic acids is 1. The van der Waals surface area contributed by atoms with Crippen LogP contribution in [0.4, 0.5) is 0 Å². The molecule has 4 bridgehead atoms. The third kappa shape index (κ3) is 1.78. The normalized spacial score (nSPS) is 47.2. The standard InChI is InChI=1S/C15H23NO2/c17-13(18)9-14(1-2-14)16-15-6-10-3-11(7-15)5-12(4-10)8-15/h10-12,16H,1-9H2,(H,17,18). The largest absolute Gasteiger partial charge is 0.481 e. The molecule has 2 N–H and O–H groups in total. The highest BCUT2D eigenvalue weighted by Gasteiger charge is 2.56. The van der Waals surface area contributed by atoms with E-state index in [1.54, 1.807) is 0 Å². The molecule has 0 radical (unpaired) electrons. The van der Waals surface area contributed by atoms with Crippen LogP contribution in [0.15, 0.2) is 0 Å². The second kappa shape index (κ2) is 3.50. The number of hydrogen-bond donors (Lipinski definition) is 2. The summed E-state index contributed by atoms with van der Waals surface area (Å²) in [6.07, 6.45) is 10.8. The Morgan fingerprint density at radius 3 is 1.94 bits per heavy atom. The Balaban J connectivity index is 1.52.